The lowest BCUT2D eigenvalue weighted by Gasteiger charge is -2.31. The maximum absolute atomic E-state index is 11.5. The van der Waals surface area contributed by atoms with Crippen molar-refractivity contribution in [2.24, 2.45) is 5.92 Å². The summed E-state index contributed by atoms with van der Waals surface area (Å²) in [6.45, 7) is 2.64. The molecule has 106 valence electrons. The van der Waals surface area contributed by atoms with Gasteiger partial charge >= 0.3 is 5.97 Å². The SMILES string of the molecule is COCC1CCN(c2nc(Cl)c(C(=O)OC)s2)CC1. The van der Waals surface area contributed by atoms with Crippen molar-refractivity contribution in [1.82, 2.24) is 4.98 Å². The van der Waals surface area contributed by atoms with Crippen molar-refractivity contribution in [2.45, 2.75) is 12.8 Å². The highest BCUT2D eigenvalue weighted by molar-refractivity contribution is 7.18. The van der Waals surface area contributed by atoms with Crippen molar-refractivity contribution in [1.29, 1.82) is 0 Å². The Kier molecular flexibility index (Phi) is 5.01. The van der Waals surface area contributed by atoms with Crippen LogP contribution < -0.4 is 4.90 Å². The van der Waals surface area contributed by atoms with Gasteiger partial charge in [-0.3, -0.25) is 0 Å². The second-order valence-corrected chi connectivity index (χ2v) is 5.83. The van der Waals surface area contributed by atoms with E-state index >= 15 is 0 Å². The Hall–Kier alpha value is -0.850. The zero-order valence-corrected chi connectivity index (χ0v) is 12.6. The number of carbonyl (C=O) groups excluding carboxylic acids is 1. The Bertz CT molecular complexity index is 444. The third kappa shape index (κ3) is 3.38. The van der Waals surface area contributed by atoms with Crippen molar-refractivity contribution in [3.63, 3.8) is 0 Å². The topological polar surface area (TPSA) is 51.7 Å². The van der Waals surface area contributed by atoms with Gasteiger partial charge < -0.3 is 14.4 Å². The van der Waals surface area contributed by atoms with E-state index in [1.165, 1.54) is 18.4 Å². The van der Waals surface area contributed by atoms with E-state index in [1.807, 2.05) is 0 Å². The van der Waals surface area contributed by atoms with Crippen LogP contribution >= 0.6 is 22.9 Å². The fourth-order valence-electron chi connectivity index (χ4n) is 2.17. The average Bonchev–Trinajstić information content (AvgIpc) is 2.81. The molecule has 1 aromatic rings. The molecule has 0 aromatic carbocycles. The summed E-state index contributed by atoms with van der Waals surface area (Å²) in [6.07, 6.45) is 2.14. The molecule has 2 rings (SSSR count). The van der Waals surface area contributed by atoms with Crippen LogP contribution in [0.5, 0.6) is 0 Å². The molecule has 5 nitrogen and oxygen atoms in total. The molecule has 0 spiro atoms. The van der Waals surface area contributed by atoms with Gasteiger partial charge in [0.05, 0.1) is 7.11 Å². The number of aromatic nitrogens is 1. The van der Waals surface area contributed by atoms with Crippen molar-refractivity contribution < 1.29 is 14.3 Å². The van der Waals surface area contributed by atoms with Gasteiger partial charge in [-0.25, -0.2) is 9.78 Å². The summed E-state index contributed by atoms with van der Waals surface area (Å²) in [6, 6.07) is 0. The van der Waals surface area contributed by atoms with E-state index in [4.69, 9.17) is 16.3 Å². The number of carbonyl (C=O) groups is 1. The molecule has 1 aliphatic rings. The number of halogens is 1. The molecule has 0 N–H and O–H groups in total. The first-order chi connectivity index (χ1) is 9.15. The van der Waals surface area contributed by atoms with Gasteiger partial charge in [-0.2, -0.15) is 0 Å². The quantitative estimate of drug-likeness (QED) is 0.800. The number of hydrogen-bond acceptors (Lipinski definition) is 6. The molecule has 7 heteroatoms. The van der Waals surface area contributed by atoms with E-state index in [1.54, 1.807) is 7.11 Å². The summed E-state index contributed by atoms with van der Waals surface area (Å²) >= 11 is 7.26. The van der Waals surface area contributed by atoms with Crippen LogP contribution in [-0.2, 0) is 9.47 Å². The van der Waals surface area contributed by atoms with Gasteiger partial charge in [-0.1, -0.05) is 22.9 Å². The predicted octanol–water partition coefficient (Wildman–Crippen LogP) is 2.45. The lowest BCUT2D eigenvalue weighted by Crippen LogP contribution is -2.34. The van der Waals surface area contributed by atoms with Gasteiger partial charge in [-0.15, -0.1) is 0 Å². The van der Waals surface area contributed by atoms with Crippen molar-refractivity contribution in [2.75, 3.05) is 38.8 Å². The fraction of sp³-hybridized carbons (Fsp3) is 0.667. The van der Waals surface area contributed by atoms with Gasteiger partial charge in [0.2, 0.25) is 0 Å². The average molecular weight is 305 g/mol. The molecular formula is C12H17ClN2O3S. The number of nitrogens with zero attached hydrogens (tertiary/aromatic N) is 2. The Morgan fingerprint density at radius 2 is 2.16 bits per heavy atom. The smallest absolute Gasteiger partial charge is 0.351 e. The van der Waals surface area contributed by atoms with Crippen LogP contribution in [0.4, 0.5) is 5.13 Å². The number of rotatable bonds is 4. The highest BCUT2D eigenvalue weighted by Gasteiger charge is 2.24. The Labute approximate surface area is 121 Å². The first-order valence-electron chi connectivity index (χ1n) is 6.14. The Morgan fingerprint density at radius 1 is 1.47 bits per heavy atom. The van der Waals surface area contributed by atoms with Crippen LogP contribution in [0.3, 0.4) is 0 Å². The summed E-state index contributed by atoms with van der Waals surface area (Å²) < 4.78 is 9.86. The summed E-state index contributed by atoms with van der Waals surface area (Å²) in [7, 11) is 3.07. The number of methoxy groups -OCH3 is 2. The van der Waals surface area contributed by atoms with E-state index in [0.29, 0.717) is 10.8 Å². The highest BCUT2D eigenvalue weighted by Crippen LogP contribution is 2.32. The minimum atomic E-state index is -0.428. The number of hydrogen-bond donors (Lipinski definition) is 0. The number of piperidine rings is 1. The van der Waals surface area contributed by atoms with Gasteiger partial charge in [0.1, 0.15) is 0 Å². The van der Waals surface area contributed by atoms with Crippen LogP contribution in [0.1, 0.15) is 22.5 Å². The second-order valence-electron chi connectivity index (χ2n) is 4.49. The minimum Gasteiger partial charge on any atom is -0.465 e. The Morgan fingerprint density at radius 3 is 2.74 bits per heavy atom. The molecule has 0 unspecified atom stereocenters. The molecule has 1 aromatic heterocycles. The zero-order valence-electron chi connectivity index (χ0n) is 11.0. The number of anilines is 1. The minimum absolute atomic E-state index is 0.228. The van der Waals surface area contributed by atoms with Crippen LogP contribution in [0.15, 0.2) is 0 Å². The first kappa shape index (κ1) is 14.6. The van der Waals surface area contributed by atoms with E-state index in [-0.39, 0.29) is 5.15 Å². The standard InChI is InChI=1S/C12H17ClN2O3S/c1-17-7-8-3-5-15(6-4-8)12-14-10(13)9(19-12)11(16)18-2/h8H,3-7H2,1-2H3. The zero-order chi connectivity index (χ0) is 13.8. The number of thiazole rings is 1. The van der Waals surface area contributed by atoms with Crippen molar-refractivity contribution in [3.8, 4) is 0 Å². The predicted molar refractivity (Wildman–Crippen MR) is 75.3 cm³/mol. The molecule has 0 amide bonds. The lowest BCUT2D eigenvalue weighted by molar-refractivity contribution is 0.0606. The second kappa shape index (κ2) is 6.54. The van der Waals surface area contributed by atoms with E-state index < -0.39 is 5.97 Å². The van der Waals surface area contributed by atoms with Gasteiger partial charge in [0.25, 0.3) is 0 Å². The molecule has 1 fully saturated rings. The number of esters is 1. The maximum Gasteiger partial charge on any atom is 0.351 e. The third-order valence-corrected chi connectivity index (χ3v) is 4.71. The fourth-order valence-corrected chi connectivity index (χ4v) is 3.42. The molecule has 1 aliphatic heterocycles. The molecule has 0 bridgehead atoms. The maximum atomic E-state index is 11.5. The summed E-state index contributed by atoms with van der Waals surface area (Å²) in [5.74, 6) is 0.180. The highest BCUT2D eigenvalue weighted by atomic mass is 35.5. The van der Waals surface area contributed by atoms with E-state index in [2.05, 4.69) is 14.6 Å². The van der Waals surface area contributed by atoms with E-state index in [9.17, 15) is 4.79 Å². The summed E-state index contributed by atoms with van der Waals surface area (Å²) in [5.41, 5.74) is 0. The molecule has 0 radical (unpaired) electrons. The van der Waals surface area contributed by atoms with E-state index in [0.717, 1.165) is 37.7 Å². The van der Waals surface area contributed by atoms with Gasteiger partial charge in [0, 0.05) is 26.8 Å². The normalized spacial score (nSPS) is 16.7. The van der Waals surface area contributed by atoms with Gasteiger partial charge in [0.15, 0.2) is 15.2 Å². The van der Waals surface area contributed by atoms with Gasteiger partial charge in [-0.05, 0) is 18.8 Å². The Balaban J connectivity index is 2.02. The van der Waals surface area contributed by atoms with Crippen LogP contribution in [0, 0.1) is 5.92 Å². The van der Waals surface area contributed by atoms with Crippen molar-refractivity contribution >= 4 is 34.0 Å². The van der Waals surface area contributed by atoms with Crippen LogP contribution in [0.25, 0.3) is 0 Å². The lowest BCUT2D eigenvalue weighted by atomic mass is 9.98. The van der Waals surface area contributed by atoms with Crippen molar-refractivity contribution in [3.05, 3.63) is 10.0 Å². The number of ether oxygens (including phenoxy) is 2. The van der Waals surface area contributed by atoms with Crippen LogP contribution in [-0.4, -0.2) is 44.9 Å². The summed E-state index contributed by atoms with van der Waals surface area (Å²) in [5, 5.41) is 1.02. The molecule has 1 saturated heterocycles. The molecule has 19 heavy (non-hydrogen) atoms. The molecule has 0 atom stereocenters. The molecule has 0 aliphatic carbocycles. The van der Waals surface area contributed by atoms with Crippen LogP contribution in [0.2, 0.25) is 5.15 Å². The largest absolute Gasteiger partial charge is 0.465 e. The molecule has 0 saturated carbocycles. The third-order valence-electron chi connectivity index (χ3n) is 3.23. The summed E-state index contributed by atoms with van der Waals surface area (Å²) in [4.78, 5) is 18.3. The molecular weight excluding hydrogens is 288 g/mol. The first-order valence-corrected chi connectivity index (χ1v) is 7.33. The molecule has 2 heterocycles. The monoisotopic (exact) mass is 304 g/mol.